The van der Waals surface area contributed by atoms with Crippen LogP contribution in [0.5, 0.6) is 0 Å². The van der Waals surface area contributed by atoms with Crippen molar-refractivity contribution < 1.29 is 0 Å². The molecule has 0 aliphatic rings. The number of nitrogens with one attached hydrogen (secondary N) is 2. The number of anilines is 2. The Morgan fingerprint density at radius 2 is 1.84 bits per heavy atom. The van der Waals surface area contributed by atoms with E-state index in [4.69, 9.17) is 45.9 Å². The molecule has 0 atom stereocenters. The van der Waals surface area contributed by atoms with Crippen LogP contribution in [-0.4, -0.2) is 20.6 Å². The maximum absolute atomic E-state index is 7.34. The molecule has 2 rings (SSSR count). The summed E-state index contributed by atoms with van der Waals surface area (Å²) in [7, 11) is 1.66. The summed E-state index contributed by atoms with van der Waals surface area (Å²) in [6, 6.07) is 3.11. The monoisotopic (exact) mass is 318 g/mol. The van der Waals surface area contributed by atoms with Gasteiger partial charge in [-0.25, -0.2) is 0 Å². The SMILES string of the molecule is Cn1c(Nc2c(Cl)cc(Cl)cc2Cl)nnc1C(=N)N. The van der Waals surface area contributed by atoms with Crippen molar-refractivity contribution in [1.82, 2.24) is 14.8 Å². The van der Waals surface area contributed by atoms with E-state index >= 15 is 0 Å². The summed E-state index contributed by atoms with van der Waals surface area (Å²) in [5, 5.41) is 19.0. The van der Waals surface area contributed by atoms with Gasteiger partial charge in [-0.2, -0.15) is 0 Å². The number of rotatable bonds is 3. The van der Waals surface area contributed by atoms with E-state index in [2.05, 4.69) is 15.5 Å². The van der Waals surface area contributed by atoms with Gasteiger partial charge in [-0.3, -0.25) is 9.98 Å². The molecule has 0 unspecified atom stereocenters. The van der Waals surface area contributed by atoms with E-state index in [0.717, 1.165) is 0 Å². The van der Waals surface area contributed by atoms with Gasteiger partial charge < -0.3 is 11.1 Å². The van der Waals surface area contributed by atoms with Crippen molar-refractivity contribution in [3.05, 3.63) is 33.0 Å². The quantitative estimate of drug-likeness (QED) is 0.599. The summed E-state index contributed by atoms with van der Waals surface area (Å²) < 4.78 is 1.52. The van der Waals surface area contributed by atoms with Gasteiger partial charge in [0.1, 0.15) is 0 Å². The highest BCUT2D eigenvalue weighted by atomic mass is 35.5. The second-order valence-corrected chi connectivity index (χ2v) is 4.94. The van der Waals surface area contributed by atoms with Crippen molar-refractivity contribution >= 4 is 52.3 Å². The van der Waals surface area contributed by atoms with Crippen LogP contribution in [0.15, 0.2) is 12.1 Å². The Labute approximate surface area is 124 Å². The topological polar surface area (TPSA) is 92.6 Å². The van der Waals surface area contributed by atoms with Crippen LogP contribution in [0, 0.1) is 5.41 Å². The third kappa shape index (κ3) is 2.75. The fourth-order valence-electron chi connectivity index (χ4n) is 1.45. The molecular formula is C10H9Cl3N6. The van der Waals surface area contributed by atoms with Gasteiger partial charge in [-0.15, -0.1) is 10.2 Å². The van der Waals surface area contributed by atoms with Crippen LogP contribution in [0.1, 0.15) is 5.82 Å². The maximum Gasteiger partial charge on any atom is 0.229 e. The Morgan fingerprint density at radius 3 is 2.32 bits per heavy atom. The van der Waals surface area contributed by atoms with E-state index in [9.17, 15) is 0 Å². The zero-order valence-electron chi connectivity index (χ0n) is 9.71. The normalized spacial score (nSPS) is 10.5. The van der Waals surface area contributed by atoms with Gasteiger partial charge in [0.05, 0.1) is 15.7 Å². The van der Waals surface area contributed by atoms with E-state index in [1.54, 1.807) is 19.2 Å². The molecule has 0 saturated heterocycles. The summed E-state index contributed by atoms with van der Waals surface area (Å²) in [6.07, 6.45) is 0. The highest BCUT2D eigenvalue weighted by molar-refractivity contribution is 6.41. The molecule has 1 aromatic heterocycles. The third-order valence-corrected chi connectivity index (χ3v) is 3.17. The lowest BCUT2D eigenvalue weighted by molar-refractivity contribution is 0.900. The van der Waals surface area contributed by atoms with Gasteiger partial charge in [0, 0.05) is 12.1 Å². The smallest absolute Gasteiger partial charge is 0.229 e. The minimum absolute atomic E-state index is 0.184. The van der Waals surface area contributed by atoms with Gasteiger partial charge in [0.15, 0.2) is 11.7 Å². The van der Waals surface area contributed by atoms with Gasteiger partial charge in [-0.1, -0.05) is 34.8 Å². The number of benzene rings is 1. The summed E-state index contributed by atoms with van der Waals surface area (Å²) in [5.74, 6) is 0.413. The number of amidine groups is 1. The van der Waals surface area contributed by atoms with Gasteiger partial charge in [0.2, 0.25) is 5.95 Å². The van der Waals surface area contributed by atoms with Crippen molar-refractivity contribution in [2.75, 3.05) is 5.32 Å². The zero-order chi connectivity index (χ0) is 14.2. The average molecular weight is 320 g/mol. The molecule has 19 heavy (non-hydrogen) atoms. The molecule has 1 heterocycles. The van der Waals surface area contributed by atoms with Crippen molar-refractivity contribution in [2.24, 2.45) is 12.8 Å². The number of hydrogen-bond acceptors (Lipinski definition) is 4. The van der Waals surface area contributed by atoms with E-state index in [1.165, 1.54) is 4.57 Å². The second kappa shape index (κ2) is 5.24. The van der Waals surface area contributed by atoms with Crippen LogP contribution in [0.4, 0.5) is 11.6 Å². The first-order chi connectivity index (χ1) is 8.90. The summed E-state index contributed by atoms with van der Waals surface area (Å²) in [4.78, 5) is 0. The fourth-order valence-corrected chi connectivity index (χ4v) is 2.36. The molecule has 0 radical (unpaired) electrons. The van der Waals surface area contributed by atoms with Gasteiger partial charge in [0.25, 0.3) is 0 Å². The molecule has 0 aliphatic heterocycles. The molecule has 0 saturated carbocycles. The number of nitrogens with two attached hydrogens (primary N) is 1. The van der Waals surface area contributed by atoms with E-state index in [1.807, 2.05) is 0 Å². The van der Waals surface area contributed by atoms with Crippen LogP contribution in [0.25, 0.3) is 0 Å². The molecule has 4 N–H and O–H groups in total. The molecule has 9 heteroatoms. The maximum atomic E-state index is 7.34. The van der Waals surface area contributed by atoms with Gasteiger partial charge in [-0.05, 0) is 12.1 Å². The van der Waals surface area contributed by atoms with Gasteiger partial charge >= 0.3 is 0 Å². The molecule has 1 aromatic carbocycles. The first-order valence-corrected chi connectivity index (χ1v) is 6.19. The lowest BCUT2D eigenvalue weighted by Gasteiger charge is -2.10. The number of nitrogen functional groups attached to an aromatic ring is 1. The predicted octanol–water partition coefficient (Wildman–Crippen LogP) is 2.80. The van der Waals surface area contributed by atoms with E-state index in [0.29, 0.717) is 26.7 Å². The number of aromatic nitrogens is 3. The minimum atomic E-state index is -0.184. The summed E-state index contributed by atoms with van der Waals surface area (Å²) in [6.45, 7) is 0. The minimum Gasteiger partial charge on any atom is -0.381 e. The van der Waals surface area contributed by atoms with Crippen molar-refractivity contribution in [2.45, 2.75) is 0 Å². The molecule has 0 fully saturated rings. The largest absolute Gasteiger partial charge is 0.381 e. The number of halogens is 3. The Morgan fingerprint density at radius 1 is 1.26 bits per heavy atom. The number of nitrogens with zero attached hydrogens (tertiary/aromatic N) is 3. The lowest BCUT2D eigenvalue weighted by atomic mass is 10.3. The fraction of sp³-hybridized carbons (Fsp3) is 0.100. The third-order valence-electron chi connectivity index (χ3n) is 2.36. The van der Waals surface area contributed by atoms with Crippen LogP contribution < -0.4 is 11.1 Å². The second-order valence-electron chi connectivity index (χ2n) is 3.69. The molecule has 100 valence electrons. The zero-order valence-corrected chi connectivity index (χ0v) is 12.0. The van der Waals surface area contributed by atoms with Crippen molar-refractivity contribution in [3.8, 4) is 0 Å². The van der Waals surface area contributed by atoms with E-state index in [-0.39, 0.29) is 11.7 Å². The standard InChI is InChI=1S/C10H9Cl3N6/c1-19-9(8(14)15)17-18-10(19)16-7-5(12)2-4(11)3-6(7)13/h2-3H,1H3,(H3,14,15)(H,16,18). The number of hydrogen-bond donors (Lipinski definition) is 3. The average Bonchev–Trinajstić information content (AvgIpc) is 2.65. The molecule has 0 spiro atoms. The molecule has 0 bridgehead atoms. The summed E-state index contributed by atoms with van der Waals surface area (Å²) >= 11 is 17.9. The van der Waals surface area contributed by atoms with Crippen LogP contribution in [0.3, 0.4) is 0 Å². The first kappa shape index (κ1) is 13.9. The summed E-state index contributed by atoms with van der Waals surface area (Å²) in [5.41, 5.74) is 5.82. The highest BCUT2D eigenvalue weighted by Crippen LogP contribution is 2.35. The van der Waals surface area contributed by atoms with Crippen molar-refractivity contribution in [1.29, 1.82) is 5.41 Å². The predicted molar refractivity (Wildman–Crippen MR) is 76.8 cm³/mol. The molecule has 0 aliphatic carbocycles. The molecular weight excluding hydrogens is 311 g/mol. The Hall–Kier alpha value is -1.50. The van der Waals surface area contributed by atoms with Crippen LogP contribution in [-0.2, 0) is 7.05 Å². The molecule has 0 amide bonds. The first-order valence-electron chi connectivity index (χ1n) is 5.05. The van der Waals surface area contributed by atoms with E-state index < -0.39 is 0 Å². The molecule has 2 aromatic rings. The lowest BCUT2D eigenvalue weighted by Crippen LogP contribution is -2.17. The Bertz CT molecular complexity index is 628. The highest BCUT2D eigenvalue weighted by Gasteiger charge is 2.14. The van der Waals surface area contributed by atoms with Crippen LogP contribution >= 0.6 is 34.8 Å². The van der Waals surface area contributed by atoms with Crippen LogP contribution in [0.2, 0.25) is 15.1 Å². The Balaban J connectivity index is 2.40. The Kier molecular flexibility index (Phi) is 3.84. The van der Waals surface area contributed by atoms with Crippen molar-refractivity contribution in [3.63, 3.8) is 0 Å². The molecule has 6 nitrogen and oxygen atoms in total.